The molecule has 0 amide bonds. The van der Waals surface area contributed by atoms with Crippen molar-refractivity contribution in [3.63, 3.8) is 0 Å². The SMILES string of the molecule is COc1cc(N2C[C@H]3CC[C@@H](C2)C3Cc2nc(Oc3cc(F)cc(Cl)c3)n(C)n2)ccn1. The third kappa shape index (κ3) is 4.24. The number of halogens is 2. The number of ether oxygens (including phenoxy) is 2. The van der Waals surface area contributed by atoms with Crippen molar-refractivity contribution in [1.29, 1.82) is 0 Å². The zero-order chi connectivity index (χ0) is 22.2. The van der Waals surface area contributed by atoms with Crippen LogP contribution in [0, 0.1) is 23.6 Å². The normalized spacial score (nSPS) is 22.2. The van der Waals surface area contributed by atoms with E-state index < -0.39 is 5.82 Å². The Balaban J connectivity index is 1.28. The molecule has 0 N–H and O–H groups in total. The molecule has 3 heterocycles. The van der Waals surface area contributed by atoms with Crippen LogP contribution in [0.1, 0.15) is 18.7 Å². The molecule has 168 valence electrons. The molecule has 1 aromatic carbocycles. The molecule has 32 heavy (non-hydrogen) atoms. The fraction of sp³-hybridized carbons (Fsp3) is 0.435. The quantitative estimate of drug-likeness (QED) is 0.542. The number of pyridine rings is 1. The van der Waals surface area contributed by atoms with Gasteiger partial charge in [-0.05, 0) is 48.8 Å². The number of hydrogen-bond donors (Lipinski definition) is 0. The number of rotatable bonds is 6. The predicted molar refractivity (Wildman–Crippen MR) is 119 cm³/mol. The second kappa shape index (κ2) is 8.58. The average Bonchev–Trinajstić information content (AvgIpc) is 3.20. The van der Waals surface area contributed by atoms with Crippen LogP contribution in [-0.2, 0) is 13.5 Å². The lowest BCUT2D eigenvalue weighted by Gasteiger charge is -2.39. The standard InChI is InChI=1S/C23H25ClFN5O2/c1-29-23(32-19-8-16(24)7-17(25)9-19)27-21(28-29)11-20-14-3-4-15(20)13-30(12-14)18-5-6-26-22(10-18)31-2/h5-10,14-15,20H,3-4,11-13H2,1-2H3/t14-,15+,20?. The molecule has 2 aromatic heterocycles. The van der Waals surface area contributed by atoms with E-state index in [0.29, 0.717) is 35.4 Å². The van der Waals surface area contributed by atoms with Gasteiger partial charge in [0.15, 0.2) is 5.82 Å². The monoisotopic (exact) mass is 457 g/mol. The van der Waals surface area contributed by atoms with Crippen LogP contribution in [0.15, 0.2) is 36.5 Å². The first-order chi connectivity index (χ1) is 15.5. The summed E-state index contributed by atoms with van der Waals surface area (Å²) >= 11 is 5.92. The summed E-state index contributed by atoms with van der Waals surface area (Å²) in [6.07, 6.45) is 5.04. The summed E-state index contributed by atoms with van der Waals surface area (Å²) in [7, 11) is 3.42. The molecule has 0 spiro atoms. The van der Waals surface area contributed by atoms with E-state index in [0.717, 1.165) is 31.0 Å². The molecule has 2 fully saturated rings. The molecule has 2 aliphatic rings. The van der Waals surface area contributed by atoms with Crippen molar-refractivity contribution in [2.24, 2.45) is 24.8 Å². The van der Waals surface area contributed by atoms with Crippen LogP contribution in [-0.4, -0.2) is 39.9 Å². The zero-order valence-electron chi connectivity index (χ0n) is 18.0. The number of fused-ring (bicyclic) bond motifs is 2. The first-order valence-electron chi connectivity index (χ1n) is 10.8. The molecule has 5 rings (SSSR count). The Morgan fingerprint density at radius 1 is 1.16 bits per heavy atom. The third-order valence-electron chi connectivity index (χ3n) is 6.55. The molecule has 3 atom stereocenters. The van der Waals surface area contributed by atoms with Gasteiger partial charge in [-0.2, -0.15) is 10.1 Å². The lowest BCUT2D eigenvalue weighted by molar-refractivity contribution is 0.265. The van der Waals surface area contributed by atoms with Gasteiger partial charge in [-0.3, -0.25) is 0 Å². The molecule has 0 radical (unpaired) electrons. The van der Waals surface area contributed by atoms with E-state index in [9.17, 15) is 4.39 Å². The second-order valence-electron chi connectivity index (χ2n) is 8.57. The van der Waals surface area contributed by atoms with E-state index in [1.54, 1.807) is 31.1 Å². The highest BCUT2D eigenvalue weighted by atomic mass is 35.5. The largest absolute Gasteiger partial charge is 0.481 e. The molecule has 1 saturated heterocycles. The van der Waals surface area contributed by atoms with Gasteiger partial charge in [0.05, 0.1) is 7.11 Å². The minimum Gasteiger partial charge on any atom is -0.481 e. The fourth-order valence-corrected chi connectivity index (χ4v) is 5.30. The number of nitrogens with zero attached hydrogens (tertiary/aromatic N) is 5. The fourth-order valence-electron chi connectivity index (χ4n) is 5.09. The number of piperidine rings is 1. The molecule has 1 aliphatic carbocycles. The summed E-state index contributed by atoms with van der Waals surface area (Å²) in [5.41, 5.74) is 1.16. The summed E-state index contributed by atoms with van der Waals surface area (Å²) in [4.78, 5) is 11.2. The van der Waals surface area contributed by atoms with Crippen molar-refractivity contribution in [2.45, 2.75) is 19.3 Å². The van der Waals surface area contributed by atoms with Gasteiger partial charge in [-0.25, -0.2) is 14.1 Å². The predicted octanol–water partition coefficient (Wildman–Crippen LogP) is 4.51. The molecule has 1 unspecified atom stereocenters. The highest BCUT2D eigenvalue weighted by Gasteiger charge is 2.42. The Morgan fingerprint density at radius 2 is 1.94 bits per heavy atom. The summed E-state index contributed by atoms with van der Waals surface area (Å²) in [6.45, 7) is 2.01. The average molecular weight is 458 g/mol. The summed E-state index contributed by atoms with van der Waals surface area (Å²) in [5.74, 6) is 2.95. The highest BCUT2D eigenvalue weighted by molar-refractivity contribution is 6.30. The lowest BCUT2D eigenvalue weighted by Crippen LogP contribution is -2.42. The molecular formula is C23H25ClFN5O2. The van der Waals surface area contributed by atoms with Crippen LogP contribution in [0.2, 0.25) is 5.02 Å². The number of hydrogen-bond acceptors (Lipinski definition) is 6. The minimum atomic E-state index is -0.454. The van der Waals surface area contributed by atoms with Crippen LogP contribution in [0.3, 0.4) is 0 Å². The first-order valence-corrected chi connectivity index (χ1v) is 11.1. The number of benzene rings is 1. The van der Waals surface area contributed by atoms with Gasteiger partial charge in [-0.15, -0.1) is 0 Å². The van der Waals surface area contributed by atoms with E-state index in [2.05, 4.69) is 20.0 Å². The maximum atomic E-state index is 13.6. The minimum absolute atomic E-state index is 0.276. The van der Waals surface area contributed by atoms with Gasteiger partial charge in [0.2, 0.25) is 5.88 Å². The van der Waals surface area contributed by atoms with E-state index in [1.165, 1.54) is 25.0 Å². The number of aryl methyl sites for hydroxylation is 1. The smallest absolute Gasteiger partial charge is 0.320 e. The molecule has 2 bridgehead atoms. The van der Waals surface area contributed by atoms with Crippen LogP contribution in [0.25, 0.3) is 0 Å². The van der Waals surface area contributed by atoms with Crippen LogP contribution < -0.4 is 14.4 Å². The molecule has 1 saturated carbocycles. The van der Waals surface area contributed by atoms with Crippen LogP contribution in [0.5, 0.6) is 17.6 Å². The Morgan fingerprint density at radius 3 is 2.66 bits per heavy atom. The number of aromatic nitrogens is 4. The Labute approximate surface area is 191 Å². The summed E-state index contributed by atoms with van der Waals surface area (Å²) in [5, 5.41) is 4.83. The van der Waals surface area contributed by atoms with Gasteiger partial charge in [-0.1, -0.05) is 11.6 Å². The molecular weight excluding hydrogens is 433 g/mol. The Bertz CT molecular complexity index is 1090. The molecule has 7 nitrogen and oxygen atoms in total. The highest BCUT2D eigenvalue weighted by Crippen LogP contribution is 2.44. The van der Waals surface area contributed by atoms with E-state index in [1.807, 2.05) is 12.1 Å². The summed E-state index contributed by atoms with van der Waals surface area (Å²) in [6, 6.07) is 8.46. The van der Waals surface area contributed by atoms with Crippen molar-refractivity contribution >= 4 is 17.3 Å². The molecule has 9 heteroatoms. The third-order valence-corrected chi connectivity index (χ3v) is 6.77. The van der Waals surface area contributed by atoms with Crippen molar-refractivity contribution in [3.8, 4) is 17.6 Å². The first kappa shape index (κ1) is 21.0. The van der Waals surface area contributed by atoms with Gasteiger partial charge in [0.25, 0.3) is 0 Å². The maximum absolute atomic E-state index is 13.6. The lowest BCUT2D eigenvalue weighted by atomic mass is 9.82. The molecule has 1 aliphatic heterocycles. The van der Waals surface area contributed by atoms with Crippen LogP contribution in [0.4, 0.5) is 10.1 Å². The van der Waals surface area contributed by atoms with Gasteiger partial charge in [0.1, 0.15) is 11.6 Å². The second-order valence-corrected chi connectivity index (χ2v) is 9.00. The maximum Gasteiger partial charge on any atom is 0.320 e. The van der Waals surface area contributed by atoms with Crippen molar-refractivity contribution in [3.05, 3.63) is 53.2 Å². The van der Waals surface area contributed by atoms with Crippen molar-refractivity contribution in [2.75, 3.05) is 25.1 Å². The van der Waals surface area contributed by atoms with Gasteiger partial charge < -0.3 is 14.4 Å². The topological polar surface area (TPSA) is 65.3 Å². The Kier molecular flexibility index (Phi) is 5.63. The van der Waals surface area contributed by atoms with Gasteiger partial charge in [0, 0.05) is 55.6 Å². The summed E-state index contributed by atoms with van der Waals surface area (Å²) < 4.78 is 26.2. The van der Waals surface area contributed by atoms with E-state index in [-0.39, 0.29) is 5.02 Å². The molecule has 3 aromatic rings. The number of methoxy groups -OCH3 is 1. The van der Waals surface area contributed by atoms with Crippen molar-refractivity contribution in [1.82, 2.24) is 19.7 Å². The van der Waals surface area contributed by atoms with E-state index in [4.69, 9.17) is 21.1 Å². The van der Waals surface area contributed by atoms with Crippen molar-refractivity contribution < 1.29 is 13.9 Å². The number of anilines is 1. The zero-order valence-corrected chi connectivity index (χ0v) is 18.8. The Hall–Kier alpha value is -2.87. The van der Waals surface area contributed by atoms with E-state index >= 15 is 0 Å². The van der Waals surface area contributed by atoms with Gasteiger partial charge >= 0.3 is 6.01 Å². The van der Waals surface area contributed by atoms with Crippen LogP contribution >= 0.6 is 11.6 Å².